The van der Waals surface area contributed by atoms with Crippen LogP contribution in [0.4, 0.5) is 8.78 Å². The van der Waals surface area contributed by atoms with Crippen LogP contribution >= 0.6 is 0 Å². The zero-order valence-corrected chi connectivity index (χ0v) is 13.8. The van der Waals surface area contributed by atoms with Gasteiger partial charge in [-0.1, -0.05) is 12.1 Å². The second kappa shape index (κ2) is 7.19. The van der Waals surface area contributed by atoms with E-state index in [0.29, 0.717) is 17.7 Å². The highest BCUT2D eigenvalue weighted by molar-refractivity contribution is 5.80. The predicted octanol–water partition coefficient (Wildman–Crippen LogP) is 2.85. The van der Waals surface area contributed by atoms with Gasteiger partial charge in [0.15, 0.2) is 0 Å². The molecule has 1 aliphatic rings. The fourth-order valence-corrected chi connectivity index (χ4v) is 3.24. The van der Waals surface area contributed by atoms with Crippen LogP contribution in [-0.2, 0) is 11.2 Å². The number of halogens is 2. The largest absolute Gasteiger partial charge is 0.496 e. The van der Waals surface area contributed by atoms with E-state index in [1.807, 2.05) is 0 Å². The van der Waals surface area contributed by atoms with Crippen LogP contribution in [0.5, 0.6) is 5.75 Å². The maximum Gasteiger partial charge on any atom is 0.227 e. The van der Waals surface area contributed by atoms with Gasteiger partial charge in [-0.2, -0.15) is 0 Å². The average Bonchev–Trinajstić information content (AvgIpc) is 2.98. The highest BCUT2D eigenvalue weighted by Crippen LogP contribution is 2.33. The van der Waals surface area contributed by atoms with Crippen LogP contribution in [0.2, 0.25) is 0 Å². The molecule has 132 valence electrons. The first-order valence-electron chi connectivity index (χ1n) is 8.03. The molecule has 1 N–H and O–H groups in total. The van der Waals surface area contributed by atoms with Gasteiger partial charge in [0.05, 0.1) is 25.7 Å². The first-order chi connectivity index (χ1) is 12.0. The molecule has 2 aromatic carbocycles. The smallest absolute Gasteiger partial charge is 0.227 e. The van der Waals surface area contributed by atoms with Crippen LogP contribution in [0.3, 0.4) is 0 Å². The number of methoxy groups -OCH3 is 1. The van der Waals surface area contributed by atoms with Gasteiger partial charge in [0.25, 0.3) is 0 Å². The van der Waals surface area contributed by atoms with Crippen LogP contribution in [-0.4, -0.2) is 35.7 Å². The van der Waals surface area contributed by atoms with Gasteiger partial charge in [-0.25, -0.2) is 8.78 Å². The van der Waals surface area contributed by atoms with Crippen LogP contribution in [0.1, 0.15) is 23.6 Å². The molecule has 0 unspecified atom stereocenters. The number of carbonyl (C=O) groups excluding carboxylic acids is 1. The fourth-order valence-electron chi connectivity index (χ4n) is 3.24. The third-order valence-corrected chi connectivity index (χ3v) is 4.44. The van der Waals surface area contributed by atoms with Gasteiger partial charge in [0.2, 0.25) is 5.91 Å². The van der Waals surface area contributed by atoms with E-state index in [2.05, 4.69) is 0 Å². The van der Waals surface area contributed by atoms with Crippen molar-refractivity contribution in [3.63, 3.8) is 0 Å². The van der Waals surface area contributed by atoms with Gasteiger partial charge in [-0.15, -0.1) is 0 Å². The summed E-state index contributed by atoms with van der Waals surface area (Å²) < 4.78 is 31.8. The molecule has 3 rings (SSSR count). The van der Waals surface area contributed by atoms with Crippen molar-refractivity contribution < 1.29 is 23.4 Å². The Hall–Kier alpha value is -2.47. The second-order valence-electron chi connectivity index (χ2n) is 6.14. The molecule has 2 atom stereocenters. The van der Waals surface area contributed by atoms with Gasteiger partial charge in [0, 0.05) is 12.1 Å². The number of β-amino-alcohol motifs (C(OH)–C–C–N with tert-alkyl or cyclic N) is 1. The lowest BCUT2D eigenvalue weighted by Crippen LogP contribution is -2.33. The lowest BCUT2D eigenvalue weighted by atomic mass is 10.0. The van der Waals surface area contributed by atoms with Crippen molar-refractivity contribution in [2.24, 2.45) is 0 Å². The Kier molecular flexibility index (Phi) is 4.99. The molecule has 1 aliphatic heterocycles. The number of benzene rings is 2. The molecule has 1 saturated heterocycles. The third kappa shape index (κ3) is 3.79. The number of carbonyl (C=O) groups is 1. The number of rotatable bonds is 4. The normalized spacial score (nSPS) is 19.9. The number of amides is 1. The first-order valence-corrected chi connectivity index (χ1v) is 8.03. The summed E-state index contributed by atoms with van der Waals surface area (Å²) in [5, 5.41) is 9.99. The predicted molar refractivity (Wildman–Crippen MR) is 88.1 cm³/mol. The minimum atomic E-state index is -0.645. The summed E-state index contributed by atoms with van der Waals surface area (Å²) in [5.74, 6) is -0.604. The summed E-state index contributed by atoms with van der Waals surface area (Å²) >= 11 is 0. The van der Waals surface area contributed by atoms with E-state index >= 15 is 0 Å². The lowest BCUT2D eigenvalue weighted by Gasteiger charge is -2.25. The molecule has 6 heteroatoms. The molecular weight excluding hydrogens is 328 g/mol. The monoisotopic (exact) mass is 347 g/mol. The van der Waals surface area contributed by atoms with Crippen molar-refractivity contribution in [1.29, 1.82) is 0 Å². The first kappa shape index (κ1) is 17.4. The van der Waals surface area contributed by atoms with Crippen LogP contribution in [0, 0.1) is 11.6 Å². The number of aliphatic hydroxyl groups is 1. The standard InChI is InChI=1S/C19H19F2NO3/c1-25-18-7-6-15(21)8-13(18)9-19(24)22-11-16(23)10-17(22)12-2-4-14(20)5-3-12/h2-8,16-17,23H,9-11H2,1H3/t16-,17-/m0/s1. The lowest BCUT2D eigenvalue weighted by molar-refractivity contribution is -0.131. The zero-order valence-electron chi connectivity index (χ0n) is 13.8. The molecule has 1 amide bonds. The SMILES string of the molecule is COc1ccc(F)cc1CC(=O)N1C[C@@H](O)C[C@H]1c1ccc(F)cc1. The van der Waals surface area contributed by atoms with Gasteiger partial charge < -0.3 is 14.7 Å². The highest BCUT2D eigenvalue weighted by Gasteiger charge is 2.35. The van der Waals surface area contributed by atoms with Crippen molar-refractivity contribution in [2.75, 3.05) is 13.7 Å². The van der Waals surface area contributed by atoms with Crippen molar-refractivity contribution in [1.82, 2.24) is 4.90 Å². The molecule has 0 aliphatic carbocycles. The number of nitrogens with zero attached hydrogens (tertiary/aromatic N) is 1. The summed E-state index contributed by atoms with van der Waals surface area (Å²) in [6, 6.07) is 9.58. The molecule has 0 radical (unpaired) electrons. The zero-order chi connectivity index (χ0) is 18.0. The molecule has 25 heavy (non-hydrogen) atoms. The second-order valence-corrected chi connectivity index (χ2v) is 6.14. The Morgan fingerprint density at radius 2 is 1.88 bits per heavy atom. The minimum Gasteiger partial charge on any atom is -0.496 e. The van der Waals surface area contributed by atoms with Crippen molar-refractivity contribution >= 4 is 5.91 Å². The summed E-state index contributed by atoms with van der Waals surface area (Å²) in [5.41, 5.74) is 1.21. The molecule has 0 aromatic heterocycles. The Morgan fingerprint density at radius 3 is 2.56 bits per heavy atom. The van der Waals surface area contributed by atoms with Crippen molar-refractivity contribution in [3.8, 4) is 5.75 Å². The number of hydrogen-bond acceptors (Lipinski definition) is 3. The van der Waals surface area contributed by atoms with E-state index in [1.165, 1.54) is 37.4 Å². The number of ether oxygens (including phenoxy) is 1. The van der Waals surface area contributed by atoms with Crippen LogP contribution in [0.25, 0.3) is 0 Å². The topological polar surface area (TPSA) is 49.8 Å². The summed E-state index contributed by atoms with van der Waals surface area (Å²) in [4.78, 5) is 14.3. The fraction of sp³-hybridized carbons (Fsp3) is 0.316. The van der Waals surface area contributed by atoms with E-state index in [1.54, 1.807) is 17.0 Å². The number of likely N-dealkylation sites (tertiary alicyclic amines) is 1. The Bertz CT molecular complexity index is 764. The third-order valence-electron chi connectivity index (χ3n) is 4.44. The molecule has 0 bridgehead atoms. The minimum absolute atomic E-state index is 0.0364. The maximum atomic E-state index is 13.5. The van der Waals surface area contributed by atoms with Crippen molar-refractivity contribution in [2.45, 2.75) is 25.0 Å². The van der Waals surface area contributed by atoms with E-state index in [-0.39, 0.29) is 30.7 Å². The molecule has 0 saturated carbocycles. The van der Waals surface area contributed by atoms with Gasteiger partial charge in [-0.05, 0) is 42.3 Å². The Balaban J connectivity index is 1.82. The number of aliphatic hydroxyl groups excluding tert-OH is 1. The molecule has 2 aromatic rings. The molecule has 1 fully saturated rings. The van der Waals surface area contributed by atoms with E-state index in [4.69, 9.17) is 4.74 Å². The summed E-state index contributed by atoms with van der Waals surface area (Å²) in [7, 11) is 1.46. The van der Waals surface area contributed by atoms with E-state index in [0.717, 1.165) is 5.56 Å². The molecular formula is C19H19F2NO3. The summed E-state index contributed by atoms with van der Waals surface area (Å²) in [6.07, 6.45) is -0.295. The molecule has 1 heterocycles. The van der Waals surface area contributed by atoms with Gasteiger partial charge in [0.1, 0.15) is 17.4 Å². The van der Waals surface area contributed by atoms with Gasteiger partial charge in [-0.3, -0.25) is 4.79 Å². The van der Waals surface area contributed by atoms with E-state index in [9.17, 15) is 18.7 Å². The van der Waals surface area contributed by atoms with Crippen LogP contribution in [0.15, 0.2) is 42.5 Å². The highest BCUT2D eigenvalue weighted by atomic mass is 19.1. The Labute approximate surface area is 144 Å². The summed E-state index contributed by atoms with van der Waals surface area (Å²) in [6.45, 7) is 0.193. The maximum absolute atomic E-state index is 13.5. The van der Waals surface area contributed by atoms with E-state index < -0.39 is 11.9 Å². The molecule has 0 spiro atoms. The Morgan fingerprint density at radius 1 is 1.20 bits per heavy atom. The van der Waals surface area contributed by atoms with Gasteiger partial charge >= 0.3 is 0 Å². The van der Waals surface area contributed by atoms with Crippen molar-refractivity contribution in [3.05, 3.63) is 65.2 Å². The average molecular weight is 347 g/mol. The number of hydrogen-bond donors (Lipinski definition) is 1. The molecule has 4 nitrogen and oxygen atoms in total. The quantitative estimate of drug-likeness (QED) is 0.925. The van der Waals surface area contributed by atoms with Crippen LogP contribution < -0.4 is 4.74 Å².